The zero-order valence-electron chi connectivity index (χ0n) is 13.6. The van der Waals surface area contributed by atoms with E-state index in [-0.39, 0.29) is 24.6 Å². The van der Waals surface area contributed by atoms with Crippen LogP contribution in [0.1, 0.15) is 16.8 Å². The van der Waals surface area contributed by atoms with Crippen molar-refractivity contribution in [2.45, 2.75) is 12.5 Å². The first-order valence-electron chi connectivity index (χ1n) is 7.85. The lowest BCUT2D eigenvalue weighted by Crippen LogP contribution is -2.49. The largest absolute Gasteiger partial charge is 0.481 e. The summed E-state index contributed by atoms with van der Waals surface area (Å²) in [5.41, 5.74) is 0.835. The number of nitrogens with zero attached hydrogens (tertiary/aromatic N) is 4. The molecule has 2 heterocycles. The zero-order valence-corrected chi connectivity index (χ0v) is 13.6. The van der Waals surface area contributed by atoms with Crippen molar-refractivity contribution in [3.8, 4) is 5.69 Å². The van der Waals surface area contributed by atoms with E-state index in [4.69, 9.17) is 9.84 Å². The van der Waals surface area contributed by atoms with Crippen LogP contribution in [0.25, 0.3) is 5.69 Å². The third-order valence-corrected chi connectivity index (χ3v) is 4.05. The molecule has 0 aliphatic carbocycles. The Balaban J connectivity index is 1.78. The second-order valence-corrected chi connectivity index (χ2v) is 5.77. The second kappa shape index (κ2) is 7.31. The van der Waals surface area contributed by atoms with Gasteiger partial charge in [-0.15, -0.1) is 0 Å². The Kier molecular flexibility index (Phi) is 4.94. The van der Waals surface area contributed by atoms with Crippen molar-refractivity contribution in [1.82, 2.24) is 14.7 Å². The molecule has 3 rings (SSSR count). The molecule has 0 spiro atoms. The molecular weight excluding hydrogens is 344 g/mol. The minimum Gasteiger partial charge on any atom is -0.481 e. The molecule has 0 radical (unpaired) electrons. The van der Waals surface area contributed by atoms with Crippen LogP contribution in [-0.4, -0.2) is 62.4 Å². The number of nitro groups is 1. The van der Waals surface area contributed by atoms with Gasteiger partial charge in [0.25, 0.3) is 11.6 Å². The summed E-state index contributed by atoms with van der Waals surface area (Å²) in [6.45, 7) is 0.826. The molecule has 1 N–H and O–H groups in total. The standard InChI is InChI=1S/C16H16N4O6/c21-15(22)7-14-10-26-6-5-18(14)16(23)11-8-17-19(9-11)12-1-3-13(4-2-12)20(24)25/h1-4,8-9,14H,5-7,10H2,(H,21,22). The summed E-state index contributed by atoms with van der Waals surface area (Å²) in [6.07, 6.45) is 2.70. The number of carbonyl (C=O) groups is 2. The molecule has 0 bridgehead atoms. The molecule has 1 atom stereocenters. The summed E-state index contributed by atoms with van der Waals surface area (Å²) in [5, 5.41) is 23.8. The molecule has 136 valence electrons. The van der Waals surface area contributed by atoms with Crippen LogP contribution in [0, 0.1) is 10.1 Å². The lowest BCUT2D eigenvalue weighted by Gasteiger charge is -2.34. The van der Waals surface area contributed by atoms with Crippen molar-refractivity contribution in [2.24, 2.45) is 0 Å². The summed E-state index contributed by atoms with van der Waals surface area (Å²) < 4.78 is 6.71. The maximum absolute atomic E-state index is 12.7. The number of carbonyl (C=O) groups excluding carboxylic acids is 1. The van der Waals surface area contributed by atoms with Gasteiger partial charge >= 0.3 is 5.97 Å². The van der Waals surface area contributed by atoms with E-state index in [1.165, 1.54) is 46.2 Å². The minimum absolute atomic E-state index is 0.0398. The number of ether oxygens (including phenoxy) is 1. The Hall–Kier alpha value is -3.27. The maximum Gasteiger partial charge on any atom is 0.305 e. The van der Waals surface area contributed by atoms with Gasteiger partial charge in [0, 0.05) is 24.9 Å². The van der Waals surface area contributed by atoms with Crippen LogP contribution < -0.4 is 0 Å². The van der Waals surface area contributed by atoms with E-state index < -0.39 is 16.9 Å². The Morgan fingerprint density at radius 2 is 2.08 bits per heavy atom. The predicted molar refractivity (Wildman–Crippen MR) is 88.1 cm³/mol. The zero-order chi connectivity index (χ0) is 18.7. The van der Waals surface area contributed by atoms with Gasteiger partial charge in [-0.2, -0.15) is 5.10 Å². The second-order valence-electron chi connectivity index (χ2n) is 5.77. The molecule has 1 fully saturated rings. The highest BCUT2D eigenvalue weighted by Crippen LogP contribution is 2.18. The Bertz CT molecular complexity index is 832. The van der Waals surface area contributed by atoms with E-state index in [0.29, 0.717) is 24.4 Å². The number of rotatable bonds is 5. The minimum atomic E-state index is -1.00. The monoisotopic (exact) mass is 360 g/mol. The number of amides is 1. The predicted octanol–water partition coefficient (Wildman–Crippen LogP) is 1.10. The summed E-state index contributed by atoms with van der Waals surface area (Å²) in [5.74, 6) is -1.33. The van der Waals surface area contributed by atoms with Crippen LogP contribution in [0.5, 0.6) is 0 Å². The number of hydrogen-bond donors (Lipinski definition) is 1. The Labute approximate surface area is 147 Å². The molecule has 10 heteroatoms. The molecule has 1 aliphatic heterocycles. The van der Waals surface area contributed by atoms with E-state index in [1.807, 2.05) is 0 Å². The van der Waals surface area contributed by atoms with E-state index in [9.17, 15) is 19.7 Å². The van der Waals surface area contributed by atoms with Gasteiger partial charge in [0.2, 0.25) is 0 Å². The van der Waals surface area contributed by atoms with Crippen molar-refractivity contribution in [3.63, 3.8) is 0 Å². The molecule has 1 amide bonds. The van der Waals surface area contributed by atoms with Crippen LogP contribution in [0.4, 0.5) is 5.69 Å². The van der Waals surface area contributed by atoms with Crippen LogP contribution in [0.15, 0.2) is 36.7 Å². The van der Waals surface area contributed by atoms with Gasteiger partial charge in [-0.25, -0.2) is 4.68 Å². The first kappa shape index (κ1) is 17.5. The number of carboxylic acids is 1. The number of aliphatic carboxylic acids is 1. The third-order valence-electron chi connectivity index (χ3n) is 4.05. The van der Waals surface area contributed by atoms with Gasteiger partial charge < -0.3 is 14.7 Å². The quantitative estimate of drug-likeness (QED) is 0.624. The summed E-state index contributed by atoms with van der Waals surface area (Å²) in [7, 11) is 0. The van der Waals surface area contributed by atoms with Crippen molar-refractivity contribution in [1.29, 1.82) is 0 Å². The van der Waals surface area contributed by atoms with Gasteiger partial charge in [-0.1, -0.05) is 0 Å². The number of aromatic nitrogens is 2. The molecule has 1 saturated heterocycles. The van der Waals surface area contributed by atoms with Gasteiger partial charge in [0.15, 0.2) is 0 Å². The number of non-ortho nitro benzene ring substituents is 1. The van der Waals surface area contributed by atoms with E-state index in [2.05, 4.69) is 5.10 Å². The van der Waals surface area contributed by atoms with Crippen molar-refractivity contribution in [2.75, 3.05) is 19.8 Å². The van der Waals surface area contributed by atoms with Gasteiger partial charge in [-0.3, -0.25) is 19.7 Å². The number of carboxylic acid groups (broad SMARTS) is 1. The van der Waals surface area contributed by atoms with Crippen LogP contribution in [-0.2, 0) is 9.53 Å². The topological polar surface area (TPSA) is 128 Å². The van der Waals surface area contributed by atoms with E-state index >= 15 is 0 Å². The third kappa shape index (κ3) is 3.70. The maximum atomic E-state index is 12.7. The summed E-state index contributed by atoms with van der Waals surface area (Å²) in [4.78, 5) is 35.4. The highest BCUT2D eigenvalue weighted by Gasteiger charge is 2.30. The Morgan fingerprint density at radius 1 is 1.35 bits per heavy atom. The highest BCUT2D eigenvalue weighted by molar-refractivity contribution is 5.94. The molecule has 26 heavy (non-hydrogen) atoms. The van der Waals surface area contributed by atoms with Crippen molar-refractivity contribution < 1.29 is 24.4 Å². The average molecular weight is 360 g/mol. The fraction of sp³-hybridized carbons (Fsp3) is 0.312. The fourth-order valence-corrected chi connectivity index (χ4v) is 2.76. The molecule has 1 aromatic heterocycles. The fourth-order valence-electron chi connectivity index (χ4n) is 2.76. The lowest BCUT2D eigenvalue weighted by atomic mass is 10.1. The van der Waals surface area contributed by atoms with Gasteiger partial charge in [0.1, 0.15) is 0 Å². The van der Waals surface area contributed by atoms with Crippen LogP contribution in [0.2, 0.25) is 0 Å². The lowest BCUT2D eigenvalue weighted by molar-refractivity contribution is -0.384. The van der Waals surface area contributed by atoms with E-state index in [0.717, 1.165) is 0 Å². The van der Waals surface area contributed by atoms with Crippen molar-refractivity contribution >= 4 is 17.6 Å². The average Bonchev–Trinajstić information content (AvgIpc) is 3.11. The number of hydrogen-bond acceptors (Lipinski definition) is 6. The molecule has 1 aliphatic rings. The van der Waals surface area contributed by atoms with Crippen molar-refractivity contribution in [3.05, 3.63) is 52.3 Å². The van der Waals surface area contributed by atoms with Crippen LogP contribution in [0.3, 0.4) is 0 Å². The van der Waals surface area contributed by atoms with Crippen LogP contribution >= 0.6 is 0 Å². The molecule has 1 aromatic carbocycles. The molecular formula is C16H16N4O6. The molecule has 2 aromatic rings. The van der Waals surface area contributed by atoms with Gasteiger partial charge in [0.05, 0.1) is 48.0 Å². The smallest absolute Gasteiger partial charge is 0.305 e. The molecule has 10 nitrogen and oxygen atoms in total. The van der Waals surface area contributed by atoms with E-state index in [1.54, 1.807) is 0 Å². The summed E-state index contributed by atoms with van der Waals surface area (Å²) in [6, 6.07) is 5.23. The molecule has 0 saturated carbocycles. The first-order chi connectivity index (χ1) is 12.5. The number of benzene rings is 1. The first-order valence-corrected chi connectivity index (χ1v) is 7.85. The summed E-state index contributed by atoms with van der Waals surface area (Å²) >= 11 is 0. The van der Waals surface area contributed by atoms with Gasteiger partial charge in [-0.05, 0) is 12.1 Å². The highest BCUT2D eigenvalue weighted by atomic mass is 16.6. The Morgan fingerprint density at radius 3 is 2.73 bits per heavy atom. The molecule has 1 unspecified atom stereocenters. The number of morpholine rings is 1. The normalized spacial score (nSPS) is 17.1. The number of nitro benzene ring substituents is 1. The SMILES string of the molecule is O=C(O)CC1COCCN1C(=O)c1cnn(-c2ccc([N+](=O)[O-])cc2)c1.